The summed E-state index contributed by atoms with van der Waals surface area (Å²) < 4.78 is 0. The summed E-state index contributed by atoms with van der Waals surface area (Å²) in [5.74, 6) is 0. The third-order valence-electron chi connectivity index (χ3n) is 2.14. The molecule has 0 saturated heterocycles. The van der Waals surface area contributed by atoms with Gasteiger partial charge in [-0.15, -0.1) is 0 Å². The molecule has 3 heteroatoms. The summed E-state index contributed by atoms with van der Waals surface area (Å²) in [6, 6.07) is 10.6. The largest absolute Gasteiger partial charge is 0.366 e. The second-order valence-electron chi connectivity index (χ2n) is 3.09. The third-order valence-corrected chi connectivity index (χ3v) is 2.46. The minimum absolute atomic E-state index is 0.302. The van der Waals surface area contributed by atoms with Crippen LogP contribution in [-0.2, 0) is 0 Å². The Bertz CT molecular complexity index is 285. The maximum Gasteiger partial charge on any atom is 0.166 e. The SMILES string of the molecule is CCC(NC(=S)NC)c1ccccc1. The molecule has 1 aromatic carbocycles. The Morgan fingerprint density at radius 2 is 2.00 bits per heavy atom. The van der Waals surface area contributed by atoms with Gasteiger partial charge in [-0.1, -0.05) is 37.3 Å². The molecule has 0 fully saturated rings. The topological polar surface area (TPSA) is 24.1 Å². The number of benzene rings is 1. The van der Waals surface area contributed by atoms with Crippen LogP contribution in [0, 0.1) is 0 Å². The number of hydrogen-bond donors (Lipinski definition) is 2. The van der Waals surface area contributed by atoms with Crippen LogP contribution in [0.4, 0.5) is 0 Å². The van der Waals surface area contributed by atoms with Crippen LogP contribution in [0.5, 0.6) is 0 Å². The maximum atomic E-state index is 5.08. The standard InChI is InChI=1S/C11H16N2S/c1-3-10(13-11(14)12-2)9-7-5-4-6-8-9/h4-8,10H,3H2,1-2H3,(H2,12,13,14). The van der Waals surface area contributed by atoms with Gasteiger partial charge in [0.25, 0.3) is 0 Å². The zero-order valence-electron chi connectivity index (χ0n) is 8.58. The van der Waals surface area contributed by atoms with Crippen LogP contribution >= 0.6 is 12.2 Å². The Morgan fingerprint density at radius 3 is 2.50 bits per heavy atom. The molecule has 0 bridgehead atoms. The Balaban J connectivity index is 2.68. The second kappa shape index (κ2) is 5.60. The molecule has 2 N–H and O–H groups in total. The fourth-order valence-electron chi connectivity index (χ4n) is 1.34. The van der Waals surface area contributed by atoms with Crippen LogP contribution < -0.4 is 10.6 Å². The van der Waals surface area contributed by atoms with Gasteiger partial charge < -0.3 is 10.6 Å². The molecule has 2 nitrogen and oxygen atoms in total. The van der Waals surface area contributed by atoms with Crippen molar-refractivity contribution in [3.8, 4) is 0 Å². The van der Waals surface area contributed by atoms with E-state index in [1.165, 1.54) is 5.56 Å². The molecule has 0 aliphatic rings. The molecule has 0 saturated carbocycles. The molecule has 1 unspecified atom stereocenters. The molecule has 0 aliphatic carbocycles. The first-order valence-electron chi connectivity index (χ1n) is 4.81. The molecule has 14 heavy (non-hydrogen) atoms. The van der Waals surface area contributed by atoms with Gasteiger partial charge in [-0.05, 0) is 24.2 Å². The first-order valence-corrected chi connectivity index (χ1v) is 5.22. The highest BCUT2D eigenvalue weighted by atomic mass is 32.1. The Hall–Kier alpha value is -1.09. The minimum Gasteiger partial charge on any atom is -0.366 e. The fraction of sp³-hybridized carbons (Fsp3) is 0.364. The summed E-state index contributed by atoms with van der Waals surface area (Å²) in [4.78, 5) is 0. The van der Waals surface area contributed by atoms with Crippen LogP contribution in [-0.4, -0.2) is 12.2 Å². The first-order chi connectivity index (χ1) is 6.77. The average molecular weight is 208 g/mol. The van der Waals surface area contributed by atoms with Gasteiger partial charge in [-0.2, -0.15) is 0 Å². The van der Waals surface area contributed by atoms with Crippen molar-refractivity contribution in [2.75, 3.05) is 7.05 Å². The van der Waals surface area contributed by atoms with Crippen molar-refractivity contribution in [1.82, 2.24) is 10.6 Å². The number of nitrogens with one attached hydrogen (secondary N) is 2. The molecule has 1 aromatic rings. The normalized spacial score (nSPS) is 11.9. The van der Waals surface area contributed by atoms with E-state index in [1.807, 2.05) is 25.2 Å². The molecule has 76 valence electrons. The van der Waals surface area contributed by atoms with Gasteiger partial charge in [0.05, 0.1) is 6.04 Å². The molecule has 0 spiro atoms. The lowest BCUT2D eigenvalue weighted by atomic mass is 10.1. The predicted molar refractivity (Wildman–Crippen MR) is 64.3 cm³/mol. The highest BCUT2D eigenvalue weighted by Gasteiger charge is 2.08. The zero-order valence-corrected chi connectivity index (χ0v) is 9.40. The summed E-state index contributed by atoms with van der Waals surface area (Å²) >= 11 is 5.08. The van der Waals surface area contributed by atoms with Gasteiger partial charge >= 0.3 is 0 Å². The molecule has 0 heterocycles. The summed E-state index contributed by atoms with van der Waals surface area (Å²) in [7, 11) is 1.83. The van der Waals surface area contributed by atoms with E-state index in [9.17, 15) is 0 Å². The van der Waals surface area contributed by atoms with Crippen molar-refractivity contribution in [3.63, 3.8) is 0 Å². The van der Waals surface area contributed by atoms with E-state index in [0.717, 1.165) is 6.42 Å². The van der Waals surface area contributed by atoms with Crippen molar-refractivity contribution in [2.45, 2.75) is 19.4 Å². The van der Waals surface area contributed by atoms with Crippen molar-refractivity contribution in [1.29, 1.82) is 0 Å². The number of thiocarbonyl (C=S) groups is 1. The molecule has 0 amide bonds. The van der Waals surface area contributed by atoms with Gasteiger partial charge in [0.2, 0.25) is 0 Å². The molecule has 0 radical (unpaired) electrons. The Kier molecular flexibility index (Phi) is 4.40. The van der Waals surface area contributed by atoms with E-state index in [4.69, 9.17) is 12.2 Å². The summed E-state index contributed by atoms with van der Waals surface area (Å²) in [6.07, 6.45) is 1.02. The summed E-state index contributed by atoms with van der Waals surface area (Å²) in [5.41, 5.74) is 1.27. The van der Waals surface area contributed by atoms with E-state index in [1.54, 1.807) is 0 Å². The van der Waals surface area contributed by atoms with Crippen LogP contribution in [0.3, 0.4) is 0 Å². The van der Waals surface area contributed by atoms with Crippen LogP contribution in [0.2, 0.25) is 0 Å². The van der Waals surface area contributed by atoms with E-state index in [2.05, 4.69) is 29.7 Å². The predicted octanol–water partition coefficient (Wildman–Crippen LogP) is 2.23. The van der Waals surface area contributed by atoms with Crippen LogP contribution in [0.1, 0.15) is 24.9 Å². The van der Waals surface area contributed by atoms with Crippen molar-refractivity contribution in [3.05, 3.63) is 35.9 Å². The van der Waals surface area contributed by atoms with E-state index >= 15 is 0 Å². The van der Waals surface area contributed by atoms with Gasteiger partial charge in [0, 0.05) is 7.05 Å². The van der Waals surface area contributed by atoms with E-state index < -0.39 is 0 Å². The van der Waals surface area contributed by atoms with E-state index in [-0.39, 0.29) is 0 Å². The van der Waals surface area contributed by atoms with E-state index in [0.29, 0.717) is 11.2 Å². The quantitative estimate of drug-likeness (QED) is 0.745. The van der Waals surface area contributed by atoms with Gasteiger partial charge in [0.15, 0.2) is 5.11 Å². The van der Waals surface area contributed by atoms with Crippen LogP contribution in [0.15, 0.2) is 30.3 Å². The van der Waals surface area contributed by atoms with Gasteiger partial charge in [-0.3, -0.25) is 0 Å². The fourth-order valence-corrected chi connectivity index (χ4v) is 1.48. The monoisotopic (exact) mass is 208 g/mol. The van der Waals surface area contributed by atoms with Crippen LogP contribution in [0.25, 0.3) is 0 Å². The Morgan fingerprint density at radius 1 is 1.36 bits per heavy atom. The highest BCUT2D eigenvalue weighted by Crippen LogP contribution is 2.15. The lowest BCUT2D eigenvalue weighted by molar-refractivity contribution is 0.621. The lowest BCUT2D eigenvalue weighted by Gasteiger charge is -2.18. The van der Waals surface area contributed by atoms with Crippen molar-refractivity contribution >= 4 is 17.3 Å². The molecule has 0 aliphatic heterocycles. The molecule has 1 rings (SSSR count). The van der Waals surface area contributed by atoms with Gasteiger partial charge in [0.1, 0.15) is 0 Å². The average Bonchev–Trinajstić information content (AvgIpc) is 2.26. The maximum absolute atomic E-state index is 5.08. The number of rotatable bonds is 3. The Labute approximate surface area is 90.7 Å². The molecular formula is C11H16N2S. The smallest absolute Gasteiger partial charge is 0.166 e. The lowest BCUT2D eigenvalue weighted by Crippen LogP contribution is -2.35. The van der Waals surface area contributed by atoms with Crippen molar-refractivity contribution in [2.24, 2.45) is 0 Å². The molecular weight excluding hydrogens is 192 g/mol. The zero-order chi connectivity index (χ0) is 10.4. The third kappa shape index (κ3) is 3.00. The minimum atomic E-state index is 0.302. The summed E-state index contributed by atoms with van der Waals surface area (Å²) in [6.45, 7) is 2.14. The summed E-state index contributed by atoms with van der Waals surface area (Å²) in [5, 5.41) is 6.87. The highest BCUT2D eigenvalue weighted by molar-refractivity contribution is 7.80. The second-order valence-corrected chi connectivity index (χ2v) is 3.50. The van der Waals surface area contributed by atoms with Gasteiger partial charge in [-0.25, -0.2) is 0 Å². The first kappa shape index (κ1) is 11.0. The molecule has 1 atom stereocenters. The molecule has 0 aromatic heterocycles. The number of hydrogen-bond acceptors (Lipinski definition) is 1. The van der Waals surface area contributed by atoms with Crippen molar-refractivity contribution < 1.29 is 0 Å².